The van der Waals surface area contributed by atoms with E-state index in [-0.39, 0.29) is 30.0 Å². The first-order chi connectivity index (χ1) is 12.0. The van der Waals surface area contributed by atoms with Crippen molar-refractivity contribution in [2.45, 2.75) is 36.5 Å². The van der Waals surface area contributed by atoms with Crippen molar-refractivity contribution < 1.29 is 22.7 Å². The molecule has 9 heteroatoms. The molecule has 2 rings (SSSR count). The summed E-state index contributed by atoms with van der Waals surface area (Å²) < 4.78 is 37.2. The highest BCUT2D eigenvalue weighted by Crippen LogP contribution is 2.19. The standard InChI is InChI=1S/C16H25N3O5S/c1-23-8-7-19-25(21,22)14-4-2-3-12(9-14)11-18-16(20)15-6-5-13(10-17)24-15/h2-4,9,13,15,19H,5-8,10-11,17H2,1H3,(H,18,20)/t13-,15+/m1/s1. The molecule has 25 heavy (non-hydrogen) atoms. The molecule has 1 fully saturated rings. The summed E-state index contributed by atoms with van der Waals surface area (Å²) in [6, 6.07) is 6.44. The van der Waals surface area contributed by atoms with Gasteiger partial charge < -0.3 is 20.5 Å². The first-order valence-corrected chi connectivity index (χ1v) is 9.65. The third kappa shape index (κ3) is 5.75. The Balaban J connectivity index is 1.92. The number of ether oxygens (including phenoxy) is 2. The highest BCUT2D eigenvalue weighted by atomic mass is 32.2. The minimum Gasteiger partial charge on any atom is -0.383 e. The maximum absolute atomic E-state index is 12.2. The number of nitrogens with two attached hydrogens (primary N) is 1. The van der Waals surface area contributed by atoms with E-state index in [1.54, 1.807) is 12.1 Å². The van der Waals surface area contributed by atoms with Crippen LogP contribution in [0, 0.1) is 0 Å². The Labute approximate surface area is 148 Å². The van der Waals surface area contributed by atoms with Gasteiger partial charge in [0.1, 0.15) is 6.10 Å². The van der Waals surface area contributed by atoms with Gasteiger partial charge in [-0.25, -0.2) is 13.1 Å². The van der Waals surface area contributed by atoms with E-state index in [0.29, 0.717) is 25.1 Å². The molecule has 0 saturated carbocycles. The van der Waals surface area contributed by atoms with Crippen molar-refractivity contribution in [3.05, 3.63) is 29.8 Å². The van der Waals surface area contributed by atoms with Gasteiger partial charge in [0.15, 0.2) is 0 Å². The molecular weight excluding hydrogens is 346 g/mol. The number of rotatable bonds is 9. The first kappa shape index (κ1) is 19.8. The fraction of sp³-hybridized carbons (Fsp3) is 0.562. The van der Waals surface area contributed by atoms with Crippen LogP contribution in [-0.2, 0) is 30.8 Å². The predicted octanol–water partition coefficient (Wildman–Crippen LogP) is -0.266. The second-order valence-electron chi connectivity index (χ2n) is 5.82. The second kappa shape index (κ2) is 9.25. The first-order valence-electron chi connectivity index (χ1n) is 8.17. The van der Waals surface area contributed by atoms with Gasteiger partial charge >= 0.3 is 0 Å². The predicted molar refractivity (Wildman–Crippen MR) is 92.3 cm³/mol. The second-order valence-corrected chi connectivity index (χ2v) is 7.58. The molecule has 2 atom stereocenters. The number of nitrogens with one attached hydrogen (secondary N) is 2. The van der Waals surface area contributed by atoms with Crippen molar-refractivity contribution in [3.63, 3.8) is 0 Å². The fourth-order valence-electron chi connectivity index (χ4n) is 2.56. The van der Waals surface area contributed by atoms with Crippen molar-refractivity contribution in [1.82, 2.24) is 10.0 Å². The summed E-state index contributed by atoms with van der Waals surface area (Å²) >= 11 is 0. The molecule has 4 N–H and O–H groups in total. The topological polar surface area (TPSA) is 120 Å². The Bertz CT molecular complexity index is 680. The van der Waals surface area contributed by atoms with Crippen LogP contribution in [-0.4, -0.2) is 53.3 Å². The molecule has 0 bridgehead atoms. The molecule has 0 aromatic heterocycles. The highest BCUT2D eigenvalue weighted by Gasteiger charge is 2.29. The lowest BCUT2D eigenvalue weighted by molar-refractivity contribution is -0.132. The van der Waals surface area contributed by atoms with Crippen molar-refractivity contribution in [2.75, 3.05) is 26.8 Å². The summed E-state index contributed by atoms with van der Waals surface area (Å²) in [5, 5.41) is 2.78. The van der Waals surface area contributed by atoms with Gasteiger partial charge in [0.05, 0.1) is 17.6 Å². The molecule has 0 unspecified atom stereocenters. The minimum atomic E-state index is -3.60. The Hall–Kier alpha value is -1.52. The van der Waals surface area contributed by atoms with Gasteiger partial charge in [0, 0.05) is 26.7 Å². The van der Waals surface area contributed by atoms with E-state index in [0.717, 1.165) is 6.42 Å². The van der Waals surface area contributed by atoms with E-state index in [4.69, 9.17) is 15.2 Å². The SMILES string of the molecule is COCCNS(=O)(=O)c1cccc(CNC(=O)[C@@H]2CC[C@H](CN)O2)c1. The van der Waals surface area contributed by atoms with Crippen LogP contribution in [0.5, 0.6) is 0 Å². The maximum Gasteiger partial charge on any atom is 0.249 e. The summed E-state index contributed by atoms with van der Waals surface area (Å²) in [4.78, 5) is 12.3. The number of hydrogen-bond acceptors (Lipinski definition) is 6. The van der Waals surface area contributed by atoms with Gasteiger partial charge in [0.2, 0.25) is 15.9 Å². The largest absolute Gasteiger partial charge is 0.383 e. The molecule has 0 aliphatic carbocycles. The summed E-state index contributed by atoms with van der Waals surface area (Å²) in [5.41, 5.74) is 6.23. The van der Waals surface area contributed by atoms with Gasteiger partial charge in [-0.3, -0.25) is 4.79 Å². The fourth-order valence-corrected chi connectivity index (χ4v) is 3.64. The van der Waals surface area contributed by atoms with Gasteiger partial charge in [-0.05, 0) is 30.5 Å². The van der Waals surface area contributed by atoms with Crippen LogP contribution in [0.1, 0.15) is 18.4 Å². The molecule has 140 valence electrons. The van der Waals surface area contributed by atoms with Crippen molar-refractivity contribution in [2.24, 2.45) is 5.73 Å². The van der Waals surface area contributed by atoms with Crippen LogP contribution in [0.25, 0.3) is 0 Å². The number of hydrogen-bond donors (Lipinski definition) is 3. The third-order valence-corrected chi connectivity index (χ3v) is 5.40. The van der Waals surface area contributed by atoms with Crippen molar-refractivity contribution >= 4 is 15.9 Å². The summed E-state index contributed by atoms with van der Waals surface area (Å²) in [6.07, 6.45) is 0.861. The Morgan fingerprint density at radius 3 is 2.88 bits per heavy atom. The zero-order chi connectivity index (χ0) is 18.3. The minimum absolute atomic E-state index is 0.0672. The summed E-state index contributed by atoms with van der Waals surface area (Å²) in [7, 11) is -2.10. The van der Waals surface area contributed by atoms with E-state index in [2.05, 4.69) is 10.0 Å². The number of carbonyl (C=O) groups excluding carboxylic acids is 1. The molecule has 1 amide bonds. The lowest BCUT2D eigenvalue weighted by atomic mass is 10.2. The maximum atomic E-state index is 12.2. The average molecular weight is 371 g/mol. The molecule has 1 saturated heterocycles. The van der Waals surface area contributed by atoms with Crippen LogP contribution in [0.4, 0.5) is 0 Å². The van der Waals surface area contributed by atoms with E-state index in [1.807, 2.05) is 0 Å². The van der Waals surface area contributed by atoms with Crippen molar-refractivity contribution in [3.8, 4) is 0 Å². The van der Waals surface area contributed by atoms with Gasteiger partial charge in [-0.1, -0.05) is 12.1 Å². The van der Waals surface area contributed by atoms with Gasteiger partial charge in [-0.15, -0.1) is 0 Å². The van der Waals surface area contributed by atoms with E-state index in [1.165, 1.54) is 19.2 Å². The lowest BCUT2D eigenvalue weighted by Crippen LogP contribution is -2.35. The number of sulfonamides is 1. The highest BCUT2D eigenvalue weighted by molar-refractivity contribution is 7.89. The molecule has 8 nitrogen and oxygen atoms in total. The summed E-state index contributed by atoms with van der Waals surface area (Å²) in [5.74, 6) is -0.206. The lowest BCUT2D eigenvalue weighted by Gasteiger charge is -2.13. The van der Waals surface area contributed by atoms with Crippen LogP contribution >= 0.6 is 0 Å². The molecule has 1 aliphatic heterocycles. The quantitative estimate of drug-likeness (QED) is 0.514. The Kier molecular flexibility index (Phi) is 7.33. The third-order valence-electron chi connectivity index (χ3n) is 3.94. The number of methoxy groups -OCH3 is 1. The van der Waals surface area contributed by atoms with Gasteiger partial charge in [0.25, 0.3) is 0 Å². The summed E-state index contributed by atoms with van der Waals surface area (Å²) in [6.45, 7) is 1.12. The van der Waals surface area contributed by atoms with E-state index < -0.39 is 16.1 Å². The molecule has 0 radical (unpaired) electrons. The molecule has 1 aromatic rings. The normalized spacial score (nSPS) is 20.6. The zero-order valence-electron chi connectivity index (χ0n) is 14.2. The smallest absolute Gasteiger partial charge is 0.249 e. The van der Waals surface area contributed by atoms with Crippen LogP contribution in [0.2, 0.25) is 0 Å². The molecule has 1 heterocycles. The van der Waals surface area contributed by atoms with Crippen LogP contribution in [0.3, 0.4) is 0 Å². The molecular formula is C16H25N3O5S. The zero-order valence-corrected chi connectivity index (χ0v) is 15.1. The molecule has 0 spiro atoms. The van der Waals surface area contributed by atoms with Crippen LogP contribution < -0.4 is 15.8 Å². The van der Waals surface area contributed by atoms with Crippen molar-refractivity contribution in [1.29, 1.82) is 0 Å². The van der Waals surface area contributed by atoms with E-state index >= 15 is 0 Å². The average Bonchev–Trinajstić information content (AvgIpc) is 3.09. The number of benzene rings is 1. The monoisotopic (exact) mass is 371 g/mol. The number of carbonyl (C=O) groups is 1. The Morgan fingerprint density at radius 1 is 1.40 bits per heavy atom. The van der Waals surface area contributed by atoms with Gasteiger partial charge in [-0.2, -0.15) is 0 Å². The van der Waals surface area contributed by atoms with E-state index in [9.17, 15) is 13.2 Å². The molecule has 1 aliphatic rings. The Morgan fingerprint density at radius 2 is 2.20 bits per heavy atom. The molecule has 1 aromatic carbocycles. The van der Waals surface area contributed by atoms with Crippen LogP contribution in [0.15, 0.2) is 29.2 Å². The number of amides is 1.